The average molecular weight is 224 g/mol. The lowest BCUT2D eigenvalue weighted by Gasteiger charge is -2.35. The zero-order chi connectivity index (χ0) is 12.3. The van der Waals surface area contributed by atoms with E-state index in [4.69, 9.17) is 0 Å². The van der Waals surface area contributed by atoms with Gasteiger partial charge >= 0.3 is 0 Å². The number of aliphatic hydroxyl groups is 2. The standard InChI is InChI=1S/C12H20N2O2/c1-9(16)11-6-5-10(7-13-11)14(4)12(2,3)8-15/h5-7,9,15-16H,8H2,1-4H3. The first-order valence-electron chi connectivity index (χ1n) is 5.37. The number of likely N-dealkylation sites (N-methyl/N-ethyl adjacent to an activating group) is 1. The molecule has 1 aromatic heterocycles. The minimum atomic E-state index is -0.551. The summed E-state index contributed by atoms with van der Waals surface area (Å²) in [5, 5.41) is 18.6. The van der Waals surface area contributed by atoms with Gasteiger partial charge in [0.1, 0.15) is 0 Å². The molecule has 16 heavy (non-hydrogen) atoms. The second-order valence-corrected chi connectivity index (χ2v) is 4.65. The Morgan fingerprint density at radius 2 is 2.06 bits per heavy atom. The molecule has 0 radical (unpaired) electrons. The van der Waals surface area contributed by atoms with E-state index in [9.17, 15) is 10.2 Å². The van der Waals surface area contributed by atoms with Crippen LogP contribution in [0.1, 0.15) is 32.6 Å². The number of anilines is 1. The summed E-state index contributed by atoms with van der Waals surface area (Å²) in [4.78, 5) is 6.14. The van der Waals surface area contributed by atoms with Crippen LogP contribution < -0.4 is 4.90 Å². The van der Waals surface area contributed by atoms with E-state index in [-0.39, 0.29) is 12.1 Å². The Bertz CT molecular complexity index is 333. The molecule has 1 rings (SSSR count). The lowest BCUT2D eigenvalue weighted by Crippen LogP contribution is -2.44. The lowest BCUT2D eigenvalue weighted by molar-refractivity contribution is 0.194. The van der Waals surface area contributed by atoms with Crippen molar-refractivity contribution in [2.24, 2.45) is 0 Å². The first-order chi connectivity index (χ1) is 7.38. The summed E-state index contributed by atoms with van der Waals surface area (Å²) in [6, 6.07) is 3.69. The van der Waals surface area contributed by atoms with Gasteiger partial charge in [0, 0.05) is 7.05 Å². The molecule has 0 aliphatic rings. The topological polar surface area (TPSA) is 56.6 Å². The van der Waals surface area contributed by atoms with Gasteiger partial charge in [-0.3, -0.25) is 4.98 Å². The van der Waals surface area contributed by atoms with Gasteiger partial charge in [-0.25, -0.2) is 0 Å². The van der Waals surface area contributed by atoms with Crippen LogP contribution in [-0.2, 0) is 0 Å². The van der Waals surface area contributed by atoms with Gasteiger partial charge < -0.3 is 15.1 Å². The molecule has 0 aromatic carbocycles. The zero-order valence-corrected chi connectivity index (χ0v) is 10.3. The SMILES string of the molecule is CC(O)c1ccc(N(C)C(C)(C)CO)cn1. The Kier molecular flexibility index (Phi) is 3.88. The molecular formula is C12H20N2O2. The number of nitrogens with zero attached hydrogens (tertiary/aromatic N) is 2. The third kappa shape index (κ3) is 2.71. The quantitative estimate of drug-likeness (QED) is 0.810. The predicted molar refractivity (Wildman–Crippen MR) is 64.4 cm³/mol. The Balaban J connectivity index is 2.90. The summed E-state index contributed by atoms with van der Waals surface area (Å²) in [6.07, 6.45) is 1.16. The Hall–Kier alpha value is -1.13. The van der Waals surface area contributed by atoms with Crippen LogP contribution in [0, 0.1) is 0 Å². The number of pyridine rings is 1. The van der Waals surface area contributed by atoms with Crippen LogP contribution in [0.3, 0.4) is 0 Å². The summed E-state index contributed by atoms with van der Waals surface area (Å²) in [5.41, 5.74) is 1.25. The van der Waals surface area contributed by atoms with Crippen molar-refractivity contribution in [2.75, 3.05) is 18.6 Å². The summed E-state index contributed by atoms with van der Waals surface area (Å²) >= 11 is 0. The number of aliphatic hydroxyl groups excluding tert-OH is 2. The highest BCUT2D eigenvalue weighted by molar-refractivity contribution is 5.46. The van der Waals surface area contributed by atoms with Gasteiger partial charge in [-0.15, -0.1) is 0 Å². The Labute approximate surface area is 96.6 Å². The fourth-order valence-corrected chi connectivity index (χ4v) is 1.30. The molecule has 0 fully saturated rings. The number of hydrogen-bond donors (Lipinski definition) is 2. The van der Waals surface area contributed by atoms with Gasteiger partial charge in [0.25, 0.3) is 0 Å². The fourth-order valence-electron chi connectivity index (χ4n) is 1.30. The summed E-state index contributed by atoms with van der Waals surface area (Å²) in [6.45, 7) is 5.66. The van der Waals surface area contributed by atoms with Crippen molar-refractivity contribution in [3.63, 3.8) is 0 Å². The van der Waals surface area contributed by atoms with E-state index in [0.717, 1.165) is 5.69 Å². The van der Waals surface area contributed by atoms with Crippen LogP contribution in [0.25, 0.3) is 0 Å². The largest absolute Gasteiger partial charge is 0.394 e. The van der Waals surface area contributed by atoms with E-state index < -0.39 is 6.10 Å². The van der Waals surface area contributed by atoms with E-state index in [1.54, 1.807) is 19.2 Å². The maximum Gasteiger partial charge on any atom is 0.0931 e. The van der Waals surface area contributed by atoms with Crippen LogP contribution in [-0.4, -0.2) is 34.4 Å². The van der Waals surface area contributed by atoms with Crippen molar-refractivity contribution >= 4 is 5.69 Å². The van der Waals surface area contributed by atoms with Gasteiger partial charge in [-0.2, -0.15) is 0 Å². The van der Waals surface area contributed by atoms with Gasteiger partial charge in [0.2, 0.25) is 0 Å². The molecule has 90 valence electrons. The molecule has 1 atom stereocenters. The molecule has 0 aliphatic heterocycles. The number of hydrogen-bond acceptors (Lipinski definition) is 4. The van der Waals surface area contributed by atoms with E-state index in [2.05, 4.69) is 4.98 Å². The van der Waals surface area contributed by atoms with Crippen LogP contribution in [0.4, 0.5) is 5.69 Å². The Morgan fingerprint density at radius 3 is 2.44 bits per heavy atom. The maximum atomic E-state index is 9.34. The van der Waals surface area contributed by atoms with Crippen LogP contribution in [0.15, 0.2) is 18.3 Å². The molecule has 0 bridgehead atoms. The smallest absolute Gasteiger partial charge is 0.0931 e. The minimum absolute atomic E-state index is 0.0711. The van der Waals surface area contributed by atoms with Crippen molar-refractivity contribution in [2.45, 2.75) is 32.4 Å². The van der Waals surface area contributed by atoms with Crippen LogP contribution in [0.5, 0.6) is 0 Å². The highest BCUT2D eigenvalue weighted by Gasteiger charge is 2.22. The van der Waals surface area contributed by atoms with E-state index in [0.29, 0.717) is 5.69 Å². The first-order valence-corrected chi connectivity index (χ1v) is 5.37. The monoisotopic (exact) mass is 224 g/mol. The number of rotatable bonds is 4. The highest BCUT2D eigenvalue weighted by atomic mass is 16.3. The van der Waals surface area contributed by atoms with Gasteiger partial charge in [-0.05, 0) is 32.9 Å². The Morgan fingerprint density at radius 1 is 1.44 bits per heavy atom. The molecule has 0 aliphatic carbocycles. The van der Waals surface area contributed by atoms with Gasteiger partial charge in [0.05, 0.1) is 35.8 Å². The maximum absolute atomic E-state index is 9.34. The van der Waals surface area contributed by atoms with Crippen molar-refractivity contribution in [1.29, 1.82) is 0 Å². The van der Waals surface area contributed by atoms with E-state index in [1.807, 2.05) is 31.9 Å². The van der Waals surface area contributed by atoms with Gasteiger partial charge in [0.15, 0.2) is 0 Å². The van der Waals surface area contributed by atoms with E-state index in [1.165, 1.54) is 0 Å². The second-order valence-electron chi connectivity index (χ2n) is 4.65. The van der Waals surface area contributed by atoms with Crippen molar-refractivity contribution in [3.8, 4) is 0 Å². The van der Waals surface area contributed by atoms with Crippen LogP contribution in [0.2, 0.25) is 0 Å². The lowest BCUT2D eigenvalue weighted by atomic mass is 10.0. The molecule has 2 N–H and O–H groups in total. The normalized spacial score (nSPS) is 13.6. The molecule has 0 saturated heterocycles. The molecular weight excluding hydrogens is 204 g/mol. The first kappa shape index (κ1) is 12.9. The van der Waals surface area contributed by atoms with E-state index >= 15 is 0 Å². The average Bonchev–Trinajstić information content (AvgIpc) is 2.28. The zero-order valence-electron chi connectivity index (χ0n) is 10.3. The third-order valence-corrected chi connectivity index (χ3v) is 2.88. The number of aromatic nitrogens is 1. The molecule has 1 heterocycles. The molecule has 0 spiro atoms. The molecule has 0 saturated carbocycles. The molecule has 4 nitrogen and oxygen atoms in total. The van der Waals surface area contributed by atoms with Crippen LogP contribution >= 0.6 is 0 Å². The predicted octanol–water partition coefficient (Wildman–Crippen LogP) is 1.34. The fraction of sp³-hybridized carbons (Fsp3) is 0.583. The molecule has 1 unspecified atom stereocenters. The highest BCUT2D eigenvalue weighted by Crippen LogP contribution is 2.22. The summed E-state index contributed by atoms with van der Waals surface area (Å²) < 4.78 is 0. The summed E-state index contributed by atoms with van der Waals surface area (Å²) in [5.74, 6) is 0. The summed E-state index contributed by atoms with van der Waals surface area (Å²) in [7, 11) is 1.91. The molecule has 1 aromatic rings. The molecule has 0 amide bonds. The third-order valence-electron chi connectivity index (χ3n) is 2.88. The minimum Gasteiger partial charge on any atom is -0.394 e. The van der Waals surface area contributed by atoms with Crippen molar-refractivity contribution in [1.82, 2.24) is 4.98 Å². The van der Waals surface area contributed by atoms with Crippen molar-refractivity contribution in [3.05, 3.63) is 24.0 Å². The van der Waals surface area contributed by atoms with Crippen molar-refractivity contribution < 1.29 is 10.2 Å². The second kappa shape index (κ2) is 4.80. The van der Waals surface area contributed by atoms with Gasteiger partial charge in [-0.1, -0.05) is 0 Å². The molecule has 4 heteroatoms.